The molecule has 0 spiro atoms. The van der Waals surface area contributed by atoms with Crippen LogP contribution in [-0.4, -0.2) is 36.2 Å². The van der Waals surface area contributed by atoms with Gasteiger partial charge in [0, 0.05) is 18.0 Å². The van der Waals surface area contributed by atoms with Crippen LogP contribution in [0, 0.1) is 0 Å². The van der Waals surface area contributed by atoms with Gasteiger partial charge in [-0.15, -0.1) is 0 Å². The van der Waals surface area contributed by atoms with Crippen molar-refractivity contribution in [2.45, 2.75) is 5.92 Å². The molecule has 3 aromatic rings. The van der Waals surface area contributed by atoms with Crippen LogP contribution >= 0.6 is 0 Å². The fraction of sp³-hybridized carbons (Fsp3) is 0.130. The third kappa shape index (κ3) is 3.91. The number of pyridine rings is 1. The largest absolute Gasteiger partial charge is 0.492 e. The van der Waals surface area contributed by atoms with Gasteiger partial charge in [0.25, 0.3) is 5.91 Å². The molecule has 0 fully saturated rings. The third-order valence-corrected chi connectivity index (χ3v) is 4.58. The Bertz CT molecular complexity index is 1040. The van der Waals surface area contributed by atoms with Crippen LogP contribution in [0.1, 0.15) is 21.8 Å². The van der Waals surface area contributed by atoms with E-state index in [9.17, 15) is 9.59 Å². The minimum Gasteiger partial charge on any atom is -0.492 e. The molecule has 2 aromatic carbocycles. The van der Waals surface area contributed by atoms with Gasteiger partial charge in [-0.05, 0) is 35.9 Å². The Morgan fingerprint density at radius 1 is 0.966 bits per heavy atom. The zero-order chi connectivity index (χ0) is 20.1. The summed E-state index contributed by atoms with van der Waals surface area (Å²) in [7, 11) is 0. The van der Waals surface area contributed by atoms with Crippen LogP contribution in [0.5, 0.6) is 5.75 Å². The molecule has 0 saturated heterocycles. The molecule has 1 aliphatic heterocycles. The van der Waals surface area contributed by atoms with Crippen LogP contribution in [0.2, 0.25) is 0 Å². The van der Waals surface area contributed by atoms with Gasteiger partial charge in [-0.2, -0.15) is 0 Å². The highest BCUT2D eigenvalue weighted by atomic mass is 16.5. The fourth-order valence-electron chi connectivity index (χ4n) is 3.22. The Balaban J connectivity index is 1.54. The van der Waals surface area contributed by atoms with Gasteiger partial charge in [0.15, 0.2) is 0 Å². The van der Waals surface area contributed by atoms with Crippen LogP contribution in [0.3, 0.4) is 0 Å². The fourth-order valence-corrected chi connectivity index (χ4v) is 3.22. The number of ether oxygens (including phenoxy) is 1. The van der Waals surface area contributed by atoms with Crippen LogP contribution < -0.4 is 9.64 Å². The summed E-state index contributed by atoms with van der Waals surface area (Å²) in [4.78, 5) is 35.7. The molecular formula is C23H19N3O3. The van der Waals surface area contributed by atoms with E-state index < -0.39 is 5.92 Å². The number of benzene rings is 2. The number of amides is 2. The number of rotatable bonds is 6. The lowest BCUT2D eigenvalue weighted by molar-refractivity contribution is -0.118. The zero-order valence-electron chi connectivity index (χ0n) is 15.6. The van der Waals surface area contributed by atoms with Crippen molar-refractivity contribution in [1.29, 1.82) is 0 Å². The summed E-state index contributed by atoms with van der Waals surface area (Å²) >= 11 is 0. The van der Waals surface area contributed by atoms with Crippen LogP contribution in [0.15, 0.2) is 84.0 Å². The van der Waals surface area contributed by atoms with E-state index in [1.807, 2.05) is 36.4 Å². The number of hydrogen-bond donors (Lipinski definition) is 0. The highest BCUT2D eigenvalue weighted by Crippen LogP contribution is 2.30. The van der Waals surface area contributed by atoms with Crippen molar-refractivity contribution >= 4 is 23.8 Å². The second-order valence-electron chi connectivity index (χ2n) is 6.45. The number of aliphatic imine (C=N–C) groups is 1. The van der Waals surface area contributed by atoms with Crippen molar-refractivity contribution in [2.75, 3.05) is 18.1 Å². The predicted molar refractivity (Wildman–Crippen MR) is 111 cm³/mol. The van der Waals surface area contributed by atoms with E-state index in [2.05, 4.69) is 9.98 Å². The van der Waals surface area contributed by atoms with E-state index in [1.165, 1.54) is 0 Å². The van der Waals surface area contributed by atoms with Crippen LogP contribution in [0.25, 0.3) is 0 Å². The summed E-state index contributed by atoms with van der Waals surface area (Å²) in [6.45, 7) is 0.796. The summed E-state index contributed by atoms with van der Waals surface area (Å²) in [5, 5.41) is 0. The Kier molecular flexibility index (Phi) is 5.42. The molecule has 0 saturated carbocycles. The normalized spacial score (nSPS) is 16.1. The predicted octanol–water partition coefficient (Wildman–Crippen LogP) is 3.50. The van der Waals surface area contributed by atoms with Gasteiger partial charge in [-0.25, -0.2) is 9.88 Å². The molecule has 0 bridgehead atoms. The molecule has 144 valence electrons. The minimum atomic E-state index is -0.650. The van der Waals surface area contributed by atoms with Gasteiger partial charge < -0.3 is 4.74 Å². The van der Waals surface area contributed by atoms with Gasteiger partial charge in [0.2, 0.25) is 5.91 Å². The molecular weight excluding hydrogens is 366 g/mol. The molecule has 2 heterocycles. The number of aromatic nitrogens is 1. The minimum absolute atomic E-state index is 0.308. The first-order valence-corrected chi connectivity index (χ1v) is 9.32. The Morgan fingerprint density at radius 2 is 1.72 bits per heavy atom. The molecule has 6 nitrogen and oxygen atoms in total. The average Bonchev–Trinajstić information content (AvgIpc) is 2.77. The second kappa shape index (κ2) is 8.48. The van der Waals surface area contributed by atoms with Gasteiger partial charge in [-0.1, -0.05) is 42.5 Å². The average molecular weight is 385 g/mol. The number of nitrogens with zero attached hydrogens (tertiary/aromatic N) is 3. The Morgan fingerprint density at radius 3 is 2.52 bits per heavy atom. The summed E-state index contributed by atoms with van der Waals surface area (Å²) in [6.07, 6.45) is 3.15. The summed E-state index contributed by atoms with van der Waals surface area (Å²) < 4.78 is 5.63. The highest BCUT2D eigenvalue weighted by Gasteiger charge is 2.39. The first-order valence-electron chi connectivity index (χ1n) is 9.32. The number of para-hydroxylation sites is 1. The molecule has 0 aliphatic carbocycles. The van der Waals surface area contributed by atoms with E-state index in [0.29, 0.717) is 30.1 Å². The SMILES string of the molecule is O=C1c2ccccc2C(C=NCCOc2ccccc2)C(=O)N1c1ccccn1. The number of hydrogen-bond acceptors (Lipinski definition) is 5. The number of carbonyl (C=O) groups excluding carboxylic acids is 2. The molecule has 1 unspecified atom stereocenters. The summed E-state index contributed by atoms with van der Waals surface area (Å²) in [5.41, 5.74) is 1.14. The summed E-state index contributed by atoms with van der Waals surface area (Å²) in [6, 6.07) is 21.7. The lowest BCUT2D eigenvalue weighted by Crippen LogP contribution is -2.46. The maximum atomic E-state index is 13.1. The smallest absolute Gasteiger partial charge is 0.266 e. The molecule has 29 heavy (non-hydrogen) atoms. The Labute approximate surface area is 168 Å². The number of anilines is 1. The van der Waals surface area contributed by atoms with Gasteiger partial charge in [0.05, 0.1) is 12.5 Å². The van der Waals surface area contributed by atoms with E-state index in [1.54, 1.807) is 48.8 Å². The van der Waals surface area contributed by atoms with E-state index >= 15 is 0 Å². The van der Waals surface area contributed by atoms with Gasteiger partial charge in [-0.3, -0.25) is 14.6 Å². The standard InChI is InChI=1S/C23H19N3O3/c27-22-19-11-5-4-10-18(19)20(23(28)26(22)21-12-6-7-13-25-21)16-24-14-15-29-17-8-2-1-3-9-17/h1-13,16,20H,14-15H2. The highest BCUT2D eigenvalue weighted by molar-refractivity contribution is 6.28. The molecule has 1 atom stereocenters. The van der Waals surface area contributed by atoms with Crippen molar-refractivity contribution < 1.29 is 14.3 Å². The van der Waals surface area contributed by atoms with E-state index in [0.717, 1.165) is 10.6 Å². The maximum Gasteiger partial charge on any atom is 0.266 e. The topological polar surface area (TPSA) is 71.9 Å². The van der Waals surface area contributed by atoms with E-state index in [4.69, 9.17) is 4.74 Å². The van der Waals surface area contributed by atoms with E-state index in [-0.39, 0.29) is 11.8 Å². The summed E-state index contributed by atoms with van der Waals surface area (Å²) in [5.74, 6) is -0.305. The third-order valence-electron chi connectivity index (χ3n) is 4.58. The molecule has 0 N–H and O–H groups in total. The van der Waals surface area contributed by atoms with Gasteiger partial charge >= 0.3 is 0 Å². The lowest BCUT2D eigenvalue weighted by Gasteiger charge is -2.30. The molecule has 1 aliphatic rings. The number of carbonyl (C=O) groups is 2. The van der Waals surface area contributed by atoms with Crippen LogP contribution in [0.4, 0.5) is 5.82 Å². The van der Waals surface area contributed by atoms with Gasteiger partial charge in [0.1, 0.15) is 18.2 Å². The Hall–Kier alpha value is -3.80. The second-order valence-corrected chi connectivity index (χ2v) is 6.45. The first kappa shape index (κ1) is 18.6. The van der Waals surface area contributed by atoms with Crippen LogP contribution in [-0.2, 0) is 4.79 Å². The van der Waals surface area contributed by atoms with Crippen molar-refractivity contribution in [3.8, 4) is 5.75 Å². The van der Waals surface area contributed by atoms with Crippen molar-refractivity contribution in [3.05, 3.63) is 90.1 Å². The number of imide groups is 1. The van der Waals surface area contributed by atoms with Crippen molar-refractivity contribution in [3.63, 3.8) is 0 Å². The molecule has 0 radical (unpaired) electrons. The first-order chi connectivity index (χ1) is 14.3. The quantitative estimate of drug-likeness (QED) is 0.370. The zero-order valence-corrected chi connectivity index (χ0v) is 15.6. The molecule has 4 rings (SSSR count). The maximum absolute atomic E-state index is 13.1. The number of fused-ring (bicyclic) bond motifs is 1. The molecule has 1 aromatic heterocycles. The van der Waals surface area contributed by atoms with Crippen molar-refractivity contribution in [1.82, 2.24) is 4.98 Å². The molecule has 6 heteroatoms. The van der Waals surface area contributed by atoms with Crippen molar-refractivity contribution in [2.24, 2.45) is 4.99 Å². The monoisotopic (exact) mass is 385 g/mol. The lowest BCUT2D eigenvalue weighted by atomic mass is 9.89. The molecule has 2 amide bonds.